The number of rotatable bonds is 12. The average molecular weight is 556 g/mol. The smallest absolute Gasteiger partial charge is 0.339 e. The van der Waals surface area contributed by atoms with Gasteiger partial charge in [0.05, 0.1) is 11.6 Å². The van der Waals surface area contributed by atoms with Gasteiger partial charge in [0.1, 0.15) is 0 Å². The Hall–Kier alpha value is -2.02. The molecule has 0 saturated carbocycles. The van der Waals surface area contributed by atoms with Crippen molar-refractivity contribution in [2.75, 3.05) is 12.9 Å². The third-order valence-electron chi connectivity index (χ3n) is 5.18. The van der Waals surface area contributed by atoms with Gasteiger partial charge < -0.3 is 9.30 Å². The number of hydrogen-bond donors (Lipinski definition) is 0. The maximum absolute atomic E-state index is 12.4. The van der Waals surface area contributed by atoms with Gasteiger partial charge in [-0.05, 0) is 68.7 Å². The molecular weight excluding hydrogens is 515 g/mol. The predicted octanol–water partition coefficient (Wildman–Crippen LogP) is 9.36. The molecule has 0 radical (unpaired) electrons. The molecular formula is C28H40Cl2N2O3S. The normalized spacial score (nSPS) is 13.5. The molecule has 0 aliphatic heterocycles. The summed E-state index contributed by atoms with van der Waals surface area (Å²) in [6.45, 7) is 18.2. The number of aromatic nitrogens is 1. The summed E-state index contributed by atoms with van der Waals surface area (Å²) in [6, 6.07) is -1.15. The molecule has 5 nitrogen and oxygen atoms in total. The lowest BCUT2D eigenvalue weighted by Crippen LogP contribution is -2.16. The van der Waals surface area contributed by atoms with Crippen LogP contribution < -0.4 is 0 Å². The minimum Gasteiger partial charge on any atom is -0.464 e. The van der Waals surface area contributed by atoms with E-state index in [1.807, 2.05) is 52.2 Å². The van der Waals surface area contributed by atoms with Crippen molar-refractivity contribution in [2.45, 2.75) is 78.4 Å². The fourth-order valence-corrected chi connectivity index (χ4v) is 4.84. The highest BCUT2D eigenvalue weighted by atomic mass is 35.5. The summed E-state index contributed by atoms with van der Waals surface area (Å²) in [7, 11) is 0. The first-order valence-electron chi connectivity index (χ1n) is 12.0. The zero-order valence-corrected chi connectivity index (χ0v) is 25.1. The van der Waals surface area contributed by atoms with Gasteiger partial charge in [0.25, 0.3) is 0 Å². The molecule has 200 valence electrons. The Labute approximate surface area is 231 Å². The molecule has 1 unspecified atom stereocenters. The minimum atomic E-state index is -1.15. The summed E-state index contributed by atoms with van der Waals surface area (Å²) in [5.74, 6) is -0.466. The van der Waals surface area contributed by atoms with E-state index in [-0.39, 0.29) is 12.5 Å². The number of hydrogen-bond acceptors (Lipinski definition) is 5. The monoisotopic (exact) mass is 554 g/mol. The van der Waals surface area contributed by atoms with Crippen LogP contribution in [0.1, 0.15) is 76.7 Å². The number of thioether (sulfide) groups is 1. The molecule has 0 N–H and O–H groups in total. The van der Waals surface area contributed by atoms with Crippen LogP contribution in [-0.2, 0) is 16.1 Å². The lowest BCUT2D eigenvalue weighted by atomic mass is 9.95. The van der Waals surface area contributed by atoms with Crippen molar-refractivity contribution in [1.82, 2.24) is 4.57 Å². The van der Waals surface area contributed by atoms with Gasteiger partial charge in [-0.3, -0.25) is 0 Å². The summed E-state index contributed by atoms with van der Waals surface area (Å²) in [5.41, 5.74) is 3.59. The maximum atomic E-state index is 12.4. The fourth-order valence-electron chi connectivity index (χ4n) is 3.55. The van der Waals surface area contributed by atoms with Crippen LogP contribution in [0.25, 0.3) is 0 Å². The summed E-state index contributed by atoms with van der Waals surface area (Å²) >= 11 is 12.9. The fraction of sp³-hybridized carbons (Fsp3) is 0.464. The van der Waals surface area contributed by atoms with Crippen molar-refractivity contribution in [3.8, 4) is 0 Å². The van der Waals surface area contributed by atoms with Gasteiger partial charge in [0.15, 0.2) is 0 Å². The lowest BCUT2D eigenvalue weighted by Gasteiger charge is -2.14. The number of allylic oxidation sites excluding steroid dienone is 9. The largest absolute Gasteiger partial charge is 0.464 e. The van der Waals surface area contributed by atoms with E-state index in [0.29, 0.717) is 17.1 Å². The van der Waals surface area contributed by atoms with E-state index in [1.54, 1.807) is 36.9 Å². The third kappa shape index (κ3) is 10.2. The highest BCUT2D eigenvalue weighted by molar-refractivity contribution is 7.98. The van der Waals surface area contributed by atoms with Gasteiger partial charge in [-0.15, -0.1) is 16.7 Å². The maximum Gasteiger partial charge on any atom is 0.339 e. The quantitative estimate of drug-likeness (QED) is 0.112. The second-order valence-corrected chi connectivity index (χ2v) is 9.74. The Bertz CT molecular complexity index is 1000. The Balaban J connectivity index is 0.00000115. The number of ether oxygens (including phenoxy) is 1. The Morgan fingerprint density at radius 1 is 1.22 bits per heavy atom. The predicted molar refractivity (Wildman–Crippen MR) is 157 cm³/mol. The zero-order valence-electron chi connectivity index (χ0n) is 22.7. The topological polar surface area (TPSA) is 60.7 Å². The molecule has 1 aromatic rings. The number of carbonyl (C=O) groups is 1. The number of carbonyl (C=O) groups excluding carboxylic acids is 1. The Kier molecular flexibility index (Phi) is 17.2. The molecule has 0 aromatic carbocycles. The van der Waals surface area contributed by atoms with E-state index in [4.69, 9.17) is 27.9 Å². The summed E-state index contributed by atoms with van der Waals surface area (Å²) < 4.78 is 7.24. The molecule has 1 rings (SSSR count). The molecule has 0 spiro atoms. The molecule has 0 fully saturated rings. The van der Waals surface area contributed by atoms with Crippen LogP contribution in [0.4, 0.5) is 0 Å². The standard InChI is InChI=1S/C21H30N2O3S.C7H10Cl2/c1-8-11-16(12-9-2)13-23-15(6)18(17(14(4)5)20(23)27-7)19(22-25)21(24)26-10-3;1-3-6(8)5-7(9)4-2/h8-9,11-12,14,19H,1,10,13H2,2-7H3;3,5H,4H2,1-2H3/b12-9-,16-11+;6-3+,7-5+. The number of nitrogens with zero attached hydrogens (tertiary/aromatic N) is 2. The van der Waals surface area contributed by atoms with Crippen molar-refractivity contribution in [3.05, 3.63) is 80.4 Å². The zero-order chi connectivity index (χ0) is 27.8. The van der Waals surface area contributed by atoms with E-state index >= 15 is 0 Å². The van der Waals surface area contributed by atoms with Crippen LogP contribution in [0.15, 0.2) is 68.9 Å². The first-order chi connectivity index (χ1) is 17.1. The molecule has 8 heteroatoms. The molecule has 1 heterocycles. The number of nitroso groups, excluding NO2 is 1. The number of esters is 1. The van der Waals surface area contributed by atoms with E-state index in [0.717, 1.165) is 33.3 Å². The first-order valence-corrected chi connectivity index (χ1v) is 13.9. The van der Waals surface area contributed by atoms with Gasteiger partial charge in [-0.1, -0.05) is 80.9 Å². The average Bonchev–Trinajstić information content (AvgIpc) is 3.11. The number of halogens is 2. The van der Waals surface area contributed by atoms with Gasteiger partial charge in [-0.25, -0.2) is 4.79 Å². The molecule has 36 heavy (non-hydrogen) atoms. The molecule has 0 aliphatic rings. The van der Waals surface area contributed by atoms with E-state index in [9.17, 15) is 9.70 Å². The highest BCUT2D eigenvalue weighted by Crippen LogP contribution is 2.40. The Morgan fingerprint density at radius 2 is 1.86 bits per heavy atom. The van der Waals surface area contributed by atoms with Crippen LogP contribution in [0.5, 0.6) is 0 Å². The molecule has 1 atom stereocenters. The second-order valence-electron chi connectivity index (χ2n) is 8.02. The molecule has 1 aromatic heterocycles. The molecule has 0 amide bonds. The lowest BCUT2D eigenvalue weighted by molar-refractivity contribution is -0.144. The van der Waals surface area contributed by atoms with Crippen molar-refractivity contribution in [1.29, 1.82) is 0 Å². The molecule has 0 bridgehead atoms. The third-order valence-corrected chi connectivity index (χ3v) is 6.71. The van der Waals surface area contributed by atoms with Crippen molar-refractivity contribution in [2.24, 2.45) is 5.18 Å². The minimum absolute atomic E-state index is 0.134. The van der Waals surface area contributed by atoms with Crippen LogP contribution in [-0.4, -0.2) is 23.4 Å². The van der Waals surface area contributed by atoms with Gasteiger partial charge >= 0.3 is 5.97 Å². The van der Waals surface area contributed by atoms with Gasteiger partial charge in [0, 0.05) is 27.9 Å². The van der Waals surface area contributed by atoms with E-state index in [2.05, 4.69) is 30.2 Å². The van der Waals surface area contributed by atoms with Crippen LogP contribution in [0, 0.1) is 11.8 Å². The molecule has 0 saturated heterocycles. The van der Waals surface area contributed by atoms with Gasteiger partial charge in [0.2, 0.25) is 6.04 Å². The van der Waals surface area contributed by atoms with Crippen molar-refractivity contribution >= 4 is 40.9 Å². The highest BCUT2D eigenvalue weighted by Gasteiger charge is 2.33. The van der Waals surface area contributed by atoms with E-state index < -0.39 is 12.0 Å². The van der Waals surface area contributed by atoms with Gasteiger partial charge in [-0.2, -0.15) is 0 Å². The van der Waals surface area contributed by atoms with Crippen molar-refractivity contribution < 1.29 is 9.53 Å². The second kappa shape index (κ2) is 18.3. The van der Waals surface area contributed by atoms with Crippen LogP contribution in [0.3, 0.4) is 0 Å². The SMILES string of the molecule is C/C=C(Cl)\C=C(\Cl)CC.C=C/C=C(\C=C/C)Cn1c(C)c(C(N=O)C(=O)OCC)c(C(C)C)c1SC. The van der Waals surface area contributed by atoms with E-state index in [1.165, 1.54) is 0 Å². The van der Waals surface area contributed by atoms with Crippen LogP contribution in [0.2, 0.25) is 0 Å². The van der Waals surface area contributed by atoms with Crippen LogP contribution >= 0.6 is 35.0 Å². The summed E-state index contributed by atoms with van der Waals surface area (Å²) in [4.78, 5) is 24.0. The van der Waals surface area contributed by atoms with Crippen molar-refractivity contribution in [3.63, 3.8) is 0 Å². The first kappa shape index (κ1) is 34.0. The summed E-state index contributed by atoms with van der Waals surface area (Å²) in [5, 5.41) is 5.65. The molecule has 0 aliphatic carbocycles. The Morgan fingerprint density at radius 3 is 2.28 bits per heavy atom. The summed E-state index contributed by atoms with van der Waals surface area (Å²) in [6.07, 6.45) is 14.1.